The molecule has 1 N–H and O–H groups in total. The highest BCUT2D eigenvalue weighted by Crippen LogP contribution is 2.31. The molecule has 1 aliphatic rings. The topological polar surface area (TPSA) is 76.5 Å². The lowest BCUT2D eigenvalue weighted by Crippen LogP contribution is -2.04. The zero-order valence-corrected chi connectivity index (χ0v) is 15.3. The van der Waals surface area contributed by atoms with Crippen LogP contribution in [0.25, 0.3) is 6.08 Å². The number of hydrogen-bond donors (Lipinski definition) is 1. The van der Waals surface area contributed by atoms with Gasteiger partial charge in [-0.1, -0.05) is 37.3 Å². The second-order valence-electron chi connectivity index (χ2n) is 6.49. The summed E-state index contributed by atoms with van der Waals surface area (Å²) in [6.07, 6.45) is 10.2. The Morgan fingerprint density at radius 3 is 2.67 bits per heavy atom. The third-order valence-electron chi connectivity index (χ3n) is 4.68. The van der Waals surface area contributed by atoms with Gasteiger partial charge in [0, 0.05) is 18.3 Å². The number of aromatic carboxylic acids is 1. The normalized spacial score (nSPS) is 15.5. The smallest absolute Gasteiger partial charge is 0.337 e. The highest BCUT2D eigenvalue weighted by Gasteiger charge is 2.18. The molecule has 27 heavy (non-hydrogen) atoms. The number of aromatic nitrogens is 1. The first-order chi connectivity index (χ1) is 13.0. The molecule has 0 fully saturated rings. The number of ether oxygens (including phenoxy) is 1. The number of carbonyl (C=O) groups excluding carboxylic acids is 1. The van der Waals surface area contributed by atoms with E-state index in [0.717, 1.165) is 28.7 Å². The van der Waals surface area contributed by atoms with Crippen molar-refractivity contribution in [2.75, 3.05) is 7.11 Å². The van der Waals surface area contributed by atoms with Crippen LogP contribution < -0.4 is 0 Å². The fourth-order valence-electron chi connectivity index (χ4n) is 3.29. The lowest BCUT2D eigenvalue weighted by atomic mass is 9.90. The minimum atomic E-state index is -0.985. The Kier molecular flexibility index (Phi) is 5.50. The fraction of sp³-hybridized carbons (Fsp3) is 0.227. The van der Waals surface area contributed by atoms with E-state index in [9.17, 15) is 9.59 Å². The Balaban J connectivity index is 1.92. The van der Waals surface area contributed by atoms with Crippen molar-refractivity contribution >= 4 is 18.0 Å². The fourth-order valence-corrected chi connectivity index (χ4v) is 3.29. The summed E-state index contributed by atoms with van der Waals surface area (Å²) in [4.78, 5) is 27.1. The first-order valence-electron chi connectivity index (χ1n) is 8.80. The van der Waals surface area contributed by atoms with Gasteiger partial charge in [0.2, 0.25) is 0 Å². The third kappa shape index (κ3) is 4.14. The molecule has 0 bridgehead atoms. The quantitative estimate of drug-likeness (QED) is 0.813. The average Bonchev–Trinajstić information content (AvgIpc) is 2.86. The molecule has 1 unspecified atom stereocenters. The second kappa shape index (κ2) is 7.99. The predicted octanol–water partition coefficient (Wildman–Crippen LogP) is 3.99. The largest absolute Gasteiger partial charge is 0.478 e. The summed E-state index contributed by atoms with van der Waals surface area (Å²) in [5, 5.41) is 9.12. The maximum atomic E-state index is 11.9. The Labute approximate surface area is 158 Å². The summed E-state index contributed by atoms with van der Waals surface area (Å²) in [5.41, 5.74) is 4.85. The molecule has 0 saturated carbocycles. The van der Waals surface area contributed by atoms with Crippen LogP contribution in [0.15, 0.2) is 54.4 Å². The number of carboxylic acid groups (broad SMARTS) is 1. The zero-order valence-electron chi connectivity index (χ0n) is 15.3. The summed E-state index contributed by atoms with van der Waals surface area (Å²) >= 11 is 0. The van der Waals surface area contributed by atoms with Gasteiger partial charge in [-0.25, -0.2) is 9.59 Å². The molecule has 1 heterocycles. The van der Waals surface area contributed by atoms with Crippen LogP contribution in [0.2, 0.25) is 0 Å². The van der Waals surface area contributed by atoms with Crippen molar-refractivity contribution in [2.45, 2.75) is 25.7 Å². The maximum Gasteiger partial charge on any atom is 0.337 e. The summed E-state index contributed by atoms with van der Waals surface area (Å²) in [6, 6.07) is 7.84. The summed E-state index contributed by atoms with van der Waals surface area (Å²) in [7, 11) is 1.38. The first kappa shape index (κ1) is 18.6. The van der Waals surface area contributed by atoms with E-state index in [0.29, 0.717) is 12.0 Å². The number of fused-ring (bicyclic) bond motifs is 1. The van der Waals surface area contributed by atoms with Gasteiger partial charge >= 0.3 is 11.9 Å². The van der Waals surface area contributed by atoms with Crippen LogP contribution in [-0.2, 0) is 16.0 Å². The molecule has 5 heteroatoms. The Bertz CT molecular complexity index is 943. The number of pyridine rings is 1. The van der Waals surface area contributed by atoms with Crippen LogP contribution in [0.3, 0.4) is 0 Å². The molecule has 1 aliphatic carbocycles. The van der Waals surface area contributed by atoms with Gasteiger partial charge in [0.05, 0.1) is 18.2 Å². The molecular formula is C22H21NO4. The molecule has 5 nitrogen and oxygen atoms in total. The molecule has 2 aromatic rings. The third-order valence-corrected chi connectivity index (χ3v) is 4.68. The Morgan fingerprint density at radius 2 is 1.96 bits per heavy atom. The second-order valence-corrected chi connectivity index (χ2v) is 6.49. The van der Waals surface area contributed by atoms with Gasteiger partial charge in [0.1, 0.15) is 0 Å². The monoisotopic (exact) mass is 363 g/mol. The number of hydrogen-bond acceptors (Lipinski definition) is 4. The average molecular weight is 363 g/mol. The molecule has 1 aromatic heterocycles. The van der Waals surface area contributed by atoms with Crippen molar-refractivity contribution < 1.29 is 19.4 Å². The zero-order chi connectivity index (χ0) is 19.4. The summed E-state index contributed by atoms with van der Waals surface area (Å²) < 4.78 is 4.86. The van der Waals surface area contributed by atoms with E-state index in [-0.39, 0.29) is 17.5 Å². The van der Waals surface area contributed by atoms with Crippen molar-refractivity contribution in [3.63, 3.8) is 0 Å². The van der Waals surface area contributed by atoms with Crippen molar-refractivity contribution in [3.8, 4) is 0 Å². The van der Waals surface area contributed by atoms with Crippen LogP contribution >= 0.6 is 0 Å². The minimum Gasteiger partial charge on any atom is -0.478 e. The minimum absolute atomic E-state index is 0.134. The molecular weight excluding hydrogens is 342 g/mol. The van der Waals surface area contributed by atoms with E-state index in [4.69, 9.17) is 9.84 Å². The van der Waals surface area contributed by atoms with Crippen LogP contribution in [0.4, 0.5) is 0 Å². The first-order valence-corrected chi connectivity index (χ1v) is 8.80. The standard InChI is InChI=1S/C22H21NO4/c1-3-16-11-18(22(26)27-2)6-5-17-9-14(4-7-20(16)17)8-15-10-19(21(24)25)13-23-12-15/h4-7,9-13,16H,3,8H2,1-2H3,(H,24,25). The molecule has 0 amide bonds. The van der Waals surface area contributed by atoms with Gasteiger partial charge in [-0.05, 0) is 47.2 Å². The Hall–Kier alpha value is -3.21. The van der Waals surface area contributed by atoms with Gasteiger partial charge in [0.15, 0.2) is 0 Å². The number of nitrogens with zero attached hydrogens (tertiary/aromatic N) is 1. The number of allylic oxidation sites excluding steroid dienone is 1. The van der Waals surface area contributed by atoms with Crippen molar-refractivity contribution in [1.82, 2.24) is 4.98 Å². The van der Waals surface area contributed by atoms with E-state index in [1.165, 1.54) is 13.3 Å². The van der Waals surface area contributed by atoms with Gasteiger partial charge in [0.25, 0.3) is 0 Å². The van der Waals surface area contributed by atoms with E-state index in [1.54, 1.807) is 18.3 Å². The maximum absolute atomic E-state index is 11.9. The lowest BCUT2D eigenvalue weighted by Gasteiger charge is -2.15. The number of carbonyl (C=O) groups is 2. The van der Waals surface area contributed by atoms with Gasteiger partial charge in [-0.15, -0.1) is 0 Å². The van der Waals surface area contributed by atoms with E-state index in [2.05, 4.69) is 24.0 Å². The van der Waals surface area contributed by atoms with E-state index < -0.39 is 5.97 Å². The SMILES string of the molecule is CCC1C=C(C(=O)OC)C=Cc2cc(Cc3cncc(C(=O)O)c3)ccc21. The molecule has 1 aromatic carbocycles. The number of esters is 1. The number of methoxy groups -OCH3 is 1. The summed E-state index contributed by atoms with van der Waals surface area (Å²) in [6.45, 7) is 2.09. The van der Waals surface area contributed by atoms with Crippen LogP contribution in [-0.4, -0.2) is 29.1 Å². The van der Waals surface area contributed by atoms with Gasteiger partial charge < -0.3 is 9.84 Å². The number of carboxylic acids is 1. The summed E-state index contributed by atoms with van der Waals surface area (Å²) in [5.74, 6) is -1.19. The molecule has 0 saturated heterocycles. The molecule has 138 valence electrons. The molecule has 0 aliphatic heterocycles. The molecule has 1 atom stereocenters. The molecule has 0 radical (unpaired) electrons. The van der Waals surface area contributed by atoms with Crippen LogP contribution in [0, 0.1) is 0 Å². The highest BCUT2D eigenvalue weighted by molar-refractivity contribution is 5.93. The Morgan fingerprint density at radius 1 is 1.15 bits per heavy atom. The van der Waals surface area contributed by atoms with Crippen molar-refractivity contribution in [3.05, 3.63) is 82.2 Å². The highest BCUT2D eigenvalue weighted by atomic mass is 16.5. The van der Waals surface area contributed by atoms with E-state index in [1.807, 2.05) is 18.2 Å². The molecule has 3 rings (SSSR count). The number of rotatable bonds is 5. The van der Waals surface area contributed by atoms with Crippen LogP contribution in [0.1, 0.15) is 51.9 Å². The van der Waals surface area contributed by atoms with Gasteiger partial charge in [-0.2, -0.15) is 0 Å². The van der Waals surface area contributed by atoms with E-state index >= 15 is 0 Å². The van der Waals surface area contributed by atoms with Crippen molar-refractivity contribution in [2.24, 2.45) is 0 Å². The number of benzene rings is 1. The molecule has 0 spiro atoms. The van der Waals surface area contributed by atoms with Gasteiger partial charge in [-0.3, -0.25) is 4.98 Å². The van der Waals surface area contributed by atoms with Crippen molar-refractivity contribution in [1.29, 1.82) is 0 Å². The van der Waals surface area contributed by atoms with Crippen LogP contribution in [0.5, 0.6) is 0 Å². The predicted molar refractivity (Wildman–Crippen MR) is 103 cm³/mol. The lowest BCUT2D eigenvalue weighted by molar-refractivity contribution is -0.135.